The van der Waals surface area contributed by atoms with Gasteiger partial charge in [0.1, 0.15) is 5.75 Å². The zero-order chi connectivity index (χ0) is 17.2. The summed E-state index contributed by atoms with van der Waals surface area (Å²) in [5.74, 6) is 0.571. The molecule has 0 amide bonds. The lowest BCUT2D eigenvalue weighted by atomic mass is 10.0. The molecule has 0 aliphatic carbocycles. The third kappa shape index (κ3) is 3.34. The number of rotatable bonds is 4. The van der Waals surface area contributed by atoms with Crippen molar-refractivity contribution in [3.05, 3.63) is 70.7 Å². The SMILES string of the molecule is COc1ccc2ccccc2c1C=NS(=O)(=O)c1cccc(Br)c1. The highest BCUT2D eigenvalue weighted by Gasteiger charge is 2.13. The predicted octanol–water partition coefficient (Wildman–Crippen LogP) is 4.42. The molecule has 0 aromatic heterocycles. The molecule has 122 valence electrons. The van der Waals surface area contributed by atoms with E-state index < -0.39 is 10.0 Å². The van der Waals surface area contributed by atoms with Gasteiger partial charge >= 0.3 is 0 Å². The second-order valence-corrected chi connectivity index (χ2v) is 7.62. The van der Waals surface area contributed by atoms with Crippen LogP contribution in [0.25, 0.3) is 10.8 Å². The van der Waals surface area contributed by atoms with Crippen LogP contribution < -0.4 is 4.74 Å². The summed E-state index contributed by atoms with van der Waals surface area (Å²) in [7, 11) is -2.24. The minimum Gasteiger partial charge on any atom is -0.496 e. The summed E-state index contributed by atoms with van der Waals surface area (Å²) in [5.41, 5.74) is 0.633. The molecular weight excluding hydrogens is 390 g/mol. The smallest absolute Gasteiger partial charge is 0.282 e. The standard InChI is InChI=1S/C18H14BrNO3S/c1-23-18-10-9-13-5-2-3-8-16(13)17(18)12-20-24(21,22)15-7-4-6-14(19)11-15/h2-12H,1H3. The number of ether oxygens (including phenoxy) is 1. The first-order chi connectivity index (χ1) is 11.5. The highest BCUT2D eigenvalue weighted by molar-refractivity contribution is 9.10. The molecule has 3 aromatic rings. The molecule has 0 heterocycles. The maximum atomic E-state index is 12.4. The number of sulfonamides is 1. The highest BCUT2D eigenvalue weighted by atomic mass is 79.9. The predicted molar refractivity (Wildman–Crippen MR) is 99.4 cm³/mol. The third-order valence-electron chi connectivity index (χ3n) is 3.57. The number of benzene rings is 3. The zero-order valence-electron chi connectivity index (χ0n) is 12.8. The molecule has 0 unspecified atom stereocenters. The number of fused-ring (bicyclic) bond motifs is 1. The average Bonchev–Trinajstić information content (AvgIpc) is 2.59. The second kappa shape index (κ2) is 6.75. The second-order valence-electron chi connectivity index (χ2n) is 5.07. The molecule has 0 radical (unpaired) electrons. The van der Waals surface area contributed by atoms with Gasteiger partial charge in [-0.05, 0) is 35.0 Å². The fourth-order valence-corrected chi connectivity index (χ4v) is 3.84. The lowest BCUT2D eigenvalue weighted by Crippen LogP contribution is -1.99. The van der Waals surface area contributed by atoms with Crippen molar-refractivity contribution in [1.29, 1.82) is 0 Å². The van der Waals surface area contributed by atoms with Crippen molar-refractivity contribution >= 4 is 42.9 Å². The minimum atomic E-state index is -3.79. The van der Waals surface area contributed by atoms with Crippen LogP contribution in [-0.2, 0) is 10.0 Å². The Morgan fingerprint density at radius 1 is 1.04 bits per heavy atom. The van der Waals surface area contributed by atoms with Gasteiger partial charge in [0.2, 0.25) is 0 Å². The van der Waals surface area contributed by atoms with Gasteiger partial charge in [0.25, 0.3) is 10.0 Å². The lowest BCUT2D eigenvalue weighted by Gasteiger charge is -2.08. The van der Waals surface area contributed by atoms with E-state index in [0.29, 0.717) is 15.8 Å². The van der Waals surface area contributed by atoms with Crippen molar-refractivity contribution in [2.75, 3.05) is 7.11 Å². The van der Waals surface area contributed by atoms with Gasteiger partial charge in [-0.25, -0.2) is 0 Å². The van der Waals surface area contributed by atoms with E-state index in [0.717, 1.165) is 10.8 Å². The van der Waals surface area contributed by atoms with E-state index >= 15 is 0 Å². The summed E-state index contributed by atoms with van der Waals surface area (Å²) < 4.78 is 34.7. The number of hydrogen-bond acceptors (Lipinski definition) is 3. The van der Waals surface area contributed by atoms with E-state index in [1.165, 1.54) is 18.3 Å². The molecule has 0 bridgehead atoms. The van der Waals surface area contributed by atoms with Crippen LogP contribution in [0.15, 0.2) is 74.4 Å². The fraction of sp³-hybridized carbons (Fsp3) is 0.0556. The lowest BCUT2D eigenvalue weighted by molar-refractivity contribution is 0.415. The summed E-state index contributed by atoms with van der Waals surface area (Å²) in [6.07, 6.45) is 1.34. The van der Waals surface area contributed by atoms with Crippen LogP contribution in [0.5, 0.6) is 5.75 Å². The van der Waals surface area contributed by atoms with Gasteiger partial charge in [-0.2, -0.15) is 12.8 Å². The molecule has 0 saturated heterocycles. The number of halogens is 1. The zero-order valence-corrected chi connectivity index (χ0v) is 15.2. The molecule has 6 heteroatoms. The first-order valence-electron chi connectivity index (χ1n) is 7.13. The van der Waals surface area contributed by atoms with Gasteiger partial charge < -0.3 is 4.74 Å². The summed E-state index contributed by atoms with van der Waals surface area (Å²) in [5, 5.41) is 1.87. The quantitative estimate of drug-likeness (QED) is 0.605. The van der Waals surface area contributed by atoms with Crippen molar-refractivity contribution in [2.24, 2.45) is 4.40 Å². The van der Waals surface area contributed by atoms with Crippen molar-refractivity contribution in [2.45, 2.75) is 4.90 Å². The van der Waals surface area contributed by atoms with Crippen molar-refractivity contribution < 1.29 is 13.2 Å². The molecule has 0 fully saturated rings. The summed E-state index contributed by atoms with van der Waals surface area (Å²) >= 11 is 3.27. The molecule has 0 aliphatic rings. The number of methoxy groups -OCH3 is 1. The van der Waals surface area contributed by atoms with Crippen molar-refractivity contribution in [3.8, 4) is 5.75 Å². The Kier molecular flexibility index (Phi) is 4.69. The van der Waals surface area contributed by atoms with E-state index in [-0.39, 0.29) is 4.90 Å². The van der Waals surface area contributed by atoms with Crippen LogP contribution in [0.3, 0.4) is 0 Å². The molecule has 3 aromatic carbocycles. The largest absolute Gasteiger partial charge is 0.496 e. The topological polar surface area (TPSA) is 55.7 Å². The Labute approximate surface area is 149 Å². The molecule has 0 spiro atoms. The van der Waals surface area contributed by atoms with Gasteiger partial charge in [-0.3, -0.25) is 0 Å². The van der Waals surface area contributed by atoms with Crippen molar-refractivity contribution in [1.82, 2.24) is 0 Å². The molecule has 0 N–H and O–H groups in total. The number of nitrogens with zero attached hydrogens (tertiary/aromatic N) is 1. The minimum absolute atomic E-state index is 0.132. The van der Waals surface area contributed by atoms with Crippen LogP contribution >= 0.6 is 15.9 Å². The Hall–Kier alpha value is -2.18. The monoisotopic (exact) mass is 403 g/mol. The fourth-order valence-electron chi connectivity index (χ4n) is 2.40. The number of hydrogen-bond donors (Lipinski definition) is 0. The van der Waals surface area contributed by atoms with E-state index in [9.17, 15) is 8.42 Å². The maximum Gasteiger partial charge on any atom is 0.282 e. The van der Waals surface area contributed by atoms with E-state index in [2.05, 4.69) is 20.3 Å². The molecular formula is C18H14BrNO3S. The van der Waals surface area contributed by atoms with E-state index in [4.69, 9.17) is 4.74 Å². The maximum absolute atomic E-state index is 12.4. The van der Waals surface area contributed by atoms with Gasteiger partial charge in [-0.15, -0.1) is 0 Å². The van der Waals surface area contributed by atoms with E-state index in [1.807, 2.05) is 30.3 Å². The van der Waals surface area contributed by atoms with Crippen LogP contribution in [-0.4, -0.2) is 21.7 Å². The Morgan fingerprint density at radius 2 is 1.83 bits per heavy atom. The van der Waals surface area contributed by atoms with Crippen LogP contribution in [0.4, 0.5) is 0 Å². The third-order valence-corrected chi connectivity index (χ3v) is 5.29. The van der Waals surface area contributed by atoms with E-state index in [1.54, 1.807) is 25.3 Å². The molecule has 24 heavy (non-hydrogen) atoms. The first-order valence-corrected chi connectivity index (χ1v) is 9.36. The van der Waals surface area contributed by atoms with Crippen LogP contribution in [0.2, 0.25) is 0 Å². The molecule has 3 rings (SSSR count). The van der Waals surface area contributed by atoms with Crippen molar-refractivity contribution in [3.63, 3.8) is 0 Å². The van der Waals surface area contributed by atoms with Gasteiger partial charge in [0.05, 0.1) is 18.2 Å². The normalized spacial score (nSPS) is 11.9. The first kappa shape index (κ1) is 16.7. The van der Waals surface area contributed by atoms with Crippen LogP contribution in [0, 0.1) is 0 Å². The summed E-state index contributed by atoms with van der Waals surface area (Å²) in [4.78, 5) is 0.132. The van der Waals surface area contributed by atoms with Gasteiger partial charge in [-0.1, -0.05) is 52.3 Å². The highest BCUT2D eigenvalue weighted by Crippen LogP contribution is 2.27. The Morgan fingerprint density at radius 3 is 2.58 bits per heavy atom. The molecule has 0 atom stereocenters. The molecule has 0 saturated carbocycles. The Balaban J connectivity index is 2.10. The average molecular weight is 404 g/mol. The van der Waals surface area contributed by atoms with Crippen LogP contribution in [0.1, 0.15) is 5.56 Å². The summed E-state index contributed by atoms with van der Waals surface area (Å²) in [6.45, 7) is 0. The van der Waals surface area contributed by atoms with Gasteiger partial charge in [0.15, 0.2) is 0 Å². The molecule has 0 aliphatic heterocycles. The summed E-state index contributed by atoms with van der Waals surface area (Å²) in [6, 6.07) is 17.9. The van der Waals surface area contributed by atoms with Gasteiger partial charge in [0, 0.05) is 10.0 Å². The Bertz CT molecular complexity index is 1030. The molecule has 4 nitrogen and oxygen atoms in total.